The van der Waals surface area contributed by atoms with Gasteiger partial charge in [0.25, 0.3) is 0 Å². The highest BCUT2D eigenvalue weighted by molar-refractivity contribution is 7.80. The molecule has 29 heavy (non-hydrogen) atoms. The van der Waals surface area contributed by atoms with Gasteiger partial charge in [-0.1, -0.05) is 36.0 Å². The fourth-order valence-corrected chi connectivity index (χ4v) is 3.76. The molecule has 2 N–H and O–H groups in total. The molecule has 0 unspecified atom stereocenters. The van der Waals surface area contributed by atoms with E-state index in [2.05, 4.69) is 4.90 Å². The number of nitrogens with zero attached hydrogens (tertiary/aromatic N) is 1. The Bertz CT molecular complexity index is 865. The molecule has 7 heteroatoms. The van der Waals surface area contributed by atoms with Gasteiger partial charge < -0.3 is 20.1 Å². The predicted molar refractivity (Wildman–Crippen MR) is 119 cm³/mol. The molecule has 0 aliphatic carbocycles. The van der Waals surface area contributed by atoms with E-state index in [1.165, 1.54) is 0 Å². The van der Waals surface area contributed by atoms with Gasteiger partial charge in [0, 0.05) is 29.6 Å². The van der Waals surface area contributed by atoms with Gasteiger partial charge in [-0.2, -0.15) is 0 Å². The molecule has 5 nitrogen and oxygen atoms in total. The Balaban J connectivity index is 1.69. The molecule has 0 saturated carbocycles. The standard InChI is InChI=1S/C22H25ClN2O3S/c1-2-27-20-13-17(22(29)25-11-9-16(10-12-25)21(24)26)5-8-19(20)28-14-15-3-6-18(23)7-4-15/h3-8,13,16H,2,9-12,14H2,1H3,(H2,24,26). The Morgan fingerprint density at radius 3 is 2.45 bits per heavy atom. The summed E-state index contributed by atoms with van der Waals surface area (Å²) in [6.45, 7) is 4.33. The van der Waals surface area contributed by atoms with E-state index < -0.39 is 0 Å². The van der Waals surface area contributed by atoms with Crippen LogP contribution in [0.4, 0.5) is 0 Å². The van der Waals surface area contributed by atoms with E-state index in [4.69, 9.17) is 39.0 Å². The third-order valence-corrected chi connectivity index (χ3v) is 5.73. The van der Waals surface area contributed by atoms with Crippen molar-refractivity contribution < 1.29 is 14.3 Å². The van der Waals surface area contributed by atoms with Crippen molar-refractivity contribution >= 4 is 34.7 Å². The Hall–Kier alpha value is -2.31. The van der Waals surface area contributed by atoms with Crippen molar-refractivity contribution in [1.82, 2.24) is 4.90 Å². The van der Waals surface area contributed by atoms with Crippen LogP contribution in [0, 0.1) is 5.92 Å². The van der Waals surface area contributed by atoms with Gasteiger partial charge in [-0.05, 0) is 55.7 Å². The Kier molecular flexibility index (Phi) is 7.34. The number of thiocarbonyl (C=S) groups is 1. The summed E-state index contributed by atoms with van der Waals surface area (Å²) in [5, 5.41) is 0.696. The van der Waals surface area contributed by atoms with Crippen molar-refractivity contribution in [3.05, 3.63) is 58.6 Å². The van der Waals surface area contributed by atoms with Crippen molar-refractivity contribution in [2.75, 3.05) is 19.7 Å². The van der Waals surface area contributed by atoms with Crippen molar-refractivity contribution in [1.29, 1.82) is 0 Å². The third kappa shape index (κ3) is 5.61. The number of rotatable bonds is 7. The van der Waals surface area contributed by atoms with Crippen LogP contribution in [0.3, 0.4) is 0 Å². The number of hydrogen-bond acceptors (Lipinski definition) is 4. The molecule has 2 aromatic carbocycles. The Morgan fingerprint density at radius 1 is 1.14 bits per heavy atom. The van der Waals surface area contributed by atoms with Crippen LogP contribution >= 0.6 is 23.8 Å². The number of halogens is 1. The smallest absolute Gasteiger partial charge is 0.220 e. The van der Waals surface area contributed by atoms with Crippen molar-refractivity contribution in [2.45, 2.75) is 26.4 Å². The fourth-order valence-electron chi connectivity index (χ4n) is 3.32. The minimum Gasteiger partial charge on any atom is -0.490 e. The van der Waals surface area contributed by atoms with E-state index in [1.54, 1.807) is 0 Å². The third-order valence-electron chi connectivity index (χ3n) is 4.98. The molecule has 3 rings (SSSR count). The Morgan fingerprint density at radius 2 is 1.83 bits per heavy atom. The maximum Gasteiger partial charge on any atom is 0.220 e. The van der Waals surface area contributed by atoms with Crippen LogP contribution in [0.2, 0.25) is 5.02 Å². The zero-order valence-electron chi connectivity index (χ0n) is 16.4. The number of carbonyl (C=O) groups is 1. The van der Waals surface area contributed by atoms with Gasteiger partial charge >= 0.3 is 0 Å². The lowest BCUT2D eigenvalue weighted by atomic mass is 9.96. The van der Waals surface area contributed by atoms with Gasteiger partial charge in [0.05, 0.1) is 6.61 Å². The van der Waals surface area contributed by atoms with Crippen LogP contribution < -0.4 is 15.2 Å². The molecule has 1 aliphatic rings. The summed E-state index contributed by atoms with van der Waals surface area (Å²) in [4.78, 5) is 14.2. The van der Waals surface area contributed by atoms with Crippen LogP contribution in [0.25, 0.3) is 0 Å². The maximum absolute atomic E-state index is 11.4. The molecule has 2 aromatic rings. The minimum atomic E-state index is -0.226. The summed E-state index contributed by atoms with van der Waals surface area (Å²) >= 11 is 11.6. The zero-order chi connectivity index (χ0) is 20.8. The molecule has 0 spiro atoms. The number of hydrogen-bond donors (Lipinski definition) is 1. The van der Waals surface area contributed by atoms with E-state index in [9.17, 15) is 4.79 Å². The molecular weight excluding hydrogens is 408 g/mol. The number of ether oxygens (including phenoxy) is 2. The van der Waals surface area contributed by atoms with Gasteiger partial charge in [-0.3, -0.25) is 4.79 Å². The normalized spacial score (nSPS) is 14.5. The maximum atomic E-state index is 11.4. The molecule has 1 fully saturated rings. The lowest BCUT2D eigenvalue weighted by Crippen LogP contribution is -2.41. The van der Waals surface area contributed by atoms with Gasteiger partial charge in [0.2, 0.25) is 5.91 Å². The first-order valence-corrected chi connectivity index (χ1v) is 10.5. The van der Waals surface area contributed by atoms with Gasteiger partial charge in [0.15, 0.2) is 11.5 Å². The van der Waals surface area contributed by atoms with Crippen molar-refractivity contribution in [2.24, 2.45) is 11.7 Å². The summed E-state index contributed by atoms with van der Waals surface area (Å²) in [5.41, 5.74) is 7.34. The molecule has 0 atom stereocenters. The van der Waals surface area contributed by atoms with Gasteiger partial charge in [0.1, 0.15) is 11.6 Å². The summed E-state index contributed by atoms with van der Waals surface area (Å²) in [7, 11) is 0. The van der Waals surface area contributed by atoms with E-state index in [1.807, 2.05) is 49.4 Å². The monoisotopic (exact) mass is 432 g/mol. The first kappa shape index (κ1) is 21.4. The van der Waals surface area contributed by atoms with Crippen LogP contribution in [-0.2, 0) is 11.4 Å². The average Bonchev–Trinajstić information content (AvgIpc) is 2.73. The van der Waals surface area contributed by atoms with Crippen LogP contribution in [0.15, 0.2) is 42.5 Å². The molecule has 1 amide bonds. The SMILES string of the molecule is CCOc1cc(C(=S)N2CCC(C(N)=O)CC2)ccc1OCc1ccc(Cl)cc1. The summed E-state index contributed by atoms with van der Waals surface area (Å²) < 4.78 is 11.7. The van der Waals surface area contributed by atoms with E-state index >= 15 is 0 Å². The molecule has 0 bridgehead atoms. The van der Waals surface area contributed by atoms with Gasteiger partial charge in [-0.15, -0.1) is 0 Å². The van der Waals surface area contributed by atoms with Crippen molar-refractivity contribution in [3.63, 3.8) is 0 Å². The predicted octanol–water partition coefficient (Wildman–Crippen LogP) is 4.19. The summed E-state index contributed by atoms with van der Waals surface area (Å²) in [6.07, 6.45) is 1.46. The second-order valence-electron chi connectivity index (χ2n) is 6.98. The van der Waals surface area contributed by atoms with Crippen molar-refractivity contribution in [3.8, 4) is 11.5 Å². The molecule has 1 aliphatic heterocycles. The second kappa shape index (κ2) is 9.94. The van der Waals surface area contributed by atoms with E-state index in [0.717, 1.165) is 42.0 Å². The first-order valence-electron chi connectivity index (χ1n) is 9.70. The molecule has 154 valence electrons. The quantitative estimate of drug-likeness (QED) is 0.664. The zero-order valence-corrected chi connectivity index (χ0v) is 18.0. The largest absolute Gasteiger partial charge is 0.490 e. The number of carbonyl (C=O) groups excluding carboxylic acids is 1. The lowest BCUT2D eigenvalue weighted by molar-refractivity contribution is -0.122. The average molecular weight is 433 g/mol. The molecule has 0 radical (unpaired) electrons. The number of benzene rings is 2. The minimum absolute atomic E-state index is 0.0586. The highest BCUT2D eigenvalue weighted by Gasteiger charge is 2.25. The summed E-state index contributed by atoms with van der Waals surface area (Å²) in [5.74, 6) is 1.04. The van der Waals surface area contributed by atoms with Crippen LogP contribution in [0.5, 0.6) is 11.5 Å². The fraction of sp³-hybridized carbons (Fsp3) is 0.364. The van der Waals surface area contributed by atoms with Gasteiger partial charge in [-0.25, -0.2) is 0 Å². The molecule has 1 heterocycles. The van der Waals surface area contributed by atoms with Crippen LogP contribution in [0.1, 0.15) is 30.9 Å². The number of nitrogens with two attached hydrogens (primary N) is 1. The van der Waals surface area contributed by atoms with E-state index in [-0.39, 0.29) is 11.8 Å². The molecule has 1 saturated heterocycles. The topological polar surface area (TPSA) is 64.8 Å². The first-order chi connectivity index (χ1) is 14.0. The molecular formula is C22H25ClN2O3S. The Labute approximate surface area is 181 Å². The summed E-state index contributed by atoms with van der Waals surface area (Å²) in [6, 6.07) is 13.3. The number of piperidine rings is 1. The van der Waals surface area contributed by atoms with Crippen LogP contribution in [-0.4, -0.2) is 35.5 Å². The highest BCUT2D eigenvalue weighted by atomic mass is 35.5. The van der Waals surface area contributed by atoms with E-state index in [0.29, 0.717) is 29.7 Å². The highest BCUT2D eigenvalue weighted by Crippen LogP contribution is 2.31. The number of primary amides is 1. The number of amides is 1. The molecule has 0 aromatic heterocycles. The second-order valence-corrected chi connectivity index (χ2v) is 7.80. The lowest BCUT2D eigenvalue weighted by Gasteiger charge is -2.32. The number of likely N-dealkylation sites (tertiary alicyclic amines) is 1.